The van der Waals surface area contributed by atoms with E-state index in [-0.39, 0.29) is 5.75 Å². The van der Waals surface area contributed by atoms with Crippen LogP contribution in [0.2, 0.25) is 0 Å². The summed E-state index contributed by atoms with van der Waals surface area (Å²) in [7, 11) is -1.23. The molecule has 0 amide bonds. The first-order chi connectivity index (χ1) is 13.9. The minimum Gasteiger partial charge on any atom is -0.496 e. The Bertz CT molecular complexity index is 1130. The van der Waals surface area contributed by atoms with Gasteiger partial charge in [-0.2, -0.15) is 10.2 Å². The summed E-state index contributed by atoms with van der Waals surface area (Å²) < 4.78 is 32.5. The smallest absolute Gasteiger partial charge is 0.230 e. The number of nitriles is 1. The van der Waals surface area contributed by atoms with Crippen molar-refractivity contribution in [3.8, 4) is 23.3 Å². The number of benzene rings is 2. The highest BCUT2D eigenvalue weighted by molar-refractivity contribution is 7.98. The molecule has 3 rings (SSSR count). The Kier molecular flexibility index (Phi) is 6.11. The summed E-state index contributed by atoms with van der Waals surface area (Å²) in [6.45, 7) is 0. The minimum absolute atomic E-state index is 0.283. The van der Waals surface area contributed by atoms with Crippen LogP contribution in [0.4, 0.5) is 16.0 Å². The Morgan fingerprint density at radius 2 is 2.10 bits per heavy atom. The number of rotatable bonds is 6. The number of methoxy groups -OCH3 is 1. The molecule has 29 heavy (non-hydrogen) atoms. The van der Waals surface area contributed by atoms with Gasteiger partial charge in [0.2, 0.25) is 12.1 Å². The lowest BCUT2D eigenvalue weighted by atomic mass is 10.2. The minimum atomic E-state index is -2.68. The fraction of sp³-hybridized carbons (Fsp3) is 0.158. The average Bonchev–Trinajstić information content (AvgIpc) is 2.68. The average molecular weight is 414 g/mol. The number of aromatic nitrogens is 3. The summed E-state index contributed by atoms with van der Waals surface area (Å²) in [5.74, 6) is 0.804. The molecule has 0 aliphatic heterocycles. The summed E-state index contributed by atoms with van der Waals surface area (Å²) in [4.78, 5) is 12.6. The van der Waals surface area contributed by atoms with E-state index in [4.69, 9.17) is 10.00 Å². The molecule has 0 spiro atoms. The van der Waals surface area contributed by atoms with Gasteiger partial charge in [0, 0.05) is 17.5 Å². The maximum Gasteiger partial charge on any atom is 0.230 e. The van der Waals surface area contributed by atoms with E-state index in [1.807, 2.05) is 24.3 Å². The third-order valence-electron chi connectivity index (χ3n) is 3.90. The van der Waals surface area contributed by atoms with Crippen molar-refractivity contribution < 1.29 is 13.7 Å². The second-order valence-electron chi connectivity index (χ2n) is 6.25. The third-order valence-corrected chi connectivity index (χ3v) is 5.39. The Hall–Kier alpha value is -3.42. The molecule has 0 aliphatic carbocycles. The zero-order chi connectivity index (χ0) is 20.9. The zero-order valence-corrected chi connectivity index (χ0v) is 16.6. The molecule has 0 bridgehead atoms. The molecule has 0 fully saturated rings. The van der Waals surface area contributed by atoms with E-state index < -0.39 is 15.9 Å². The SMILES string of the molecule is COc1cc(F)ccc1-c1ncnc(Nc2cccc(C[SH](C)(O)=NC#N)c2)n1. The number of nitrogens with one attached hydrogen (secondary N) is 1. The van der Waals surface area contributed by atoms with Crippen molar-refractivity contribution >= 4 is 21.7 Å². The first-order valence-corrected chi connectivity index (χ1v) is 10.8. The van der Waals surface area contributed by atoms with Crippen molar-refractivity contribution in [2.45, 2.75) is 5.75 Å². The lowest BCUT2D eigenvalue weighted by molar-refractivity contribution is 0.412. The molecule has 0 saturated heterocycles. The standard InChI is InChI=1S/C19H19FN6O2S/c1-28-17-9-14(20)6-7-16(17)18-22-12-23-19(26-18)25-15-5-3-4-13(8-15)10-29(2,27)24-11-21/h3-9,12,29H,10H2,1-2H3,(H,24,27)(H,22,23,25,26). The summed E-state index contributed by atoms with van der Waals surface area (Å²) in [5, 5.41) is 11.8. The van der Waals surface area contributed by atoms with Crippen LogP contribution in [0.5, 0.6) is 5.75 Å². The summed E-state index contributed by atoms with van der Waals surface area (Å²) >= 11 is 0. The normalized spacial score (nSPS) is 11.4. The fourth-order valence-corrected chi connectivity index (χ4v) is 3.84. The second kappa shape index (κ2) is 8.72. The molecule has 8 nitrogen and oxygen atoms in total. The van der Waals surface area contributed by atoms with Crippen molar-refractivity contribution in [2.75, 3.05) is 18.7 Å². The summed E-state index contributed by atoms with van der Waals surface area (Å²) in [5.41, 5.74) is 2.05. The molecule has 150 valence electrons. The molecule has 0 radical (unpaired) electrons. The molecule has 10 heteroatoms. The number of thiol groups is 1. The molecular weight excluding hydrogens is 395 g/mol. The van der Waals surface area contributed by atoms with Gasteiger partial charge < -0.3 is 14.6 Å². The van der Waals surface area contributed by atoms with Crippen molar-refractivity contribution in [3.05, 3.63) is 60.2 Å². The van der Waals surface area contributed by atoms with Gasteiger partial charge in [0.05, 0.1) is 12.7 Å². The van der Waals surface area contributed by atoms with Crippen LogP contribution >= 0.6 is 0 Å². The summed E-state index contributed by atoms with van der Waals surface area (Å²) in [6, 6.07) is 11.4. The fourth-order valence-electron chi connectivity index (χ4n) is 2.69. The highest BCUT2D eigenvalue weighted by Gasteiger charge is 2.12. The van der Waals surface area contributed by atoms with Gasteiger partial charge in [-0.15, -0.1) is 4.36 Å². The van der Waals surface area contributed by atoms with Crippen LogP contribution < -0.4 is 10.1 Å². The van der Waals surface area contributed by atoms with Crippen molar-refractivity contribution in [3.63, 3.8) is 0 Å². The molecule has 0 aliphatic rings. The van der Waals surface area contributed by atoms with E-state index in [1.165, 1.54) is 25.6 Å². The molecule has 2 aromatic carbocycles. The van der Waals surface area contributed by atoms with Gasteiger partial charge in [0.15, 0.2) is 5.82 Å². The van der Waals surface area contributed by atoms with E-state index in [0.29, 0.717) is 28.8 Å². The molecule has 1 heterocycles. The Balaban J connectivity index is 1.86. The maximum atomic E-state index is 13.4. The highest BCUT2D eigenvalue weighted by atomic mass is 32.3. The largest absolute Gasteiger partial charge is 0.496 e. The lowest BCUT2D eigenvalue weighted by Crippen LogP contribution is -2.10. The van der Waals surface area contributed by atoms with Crippen molar-refractivity contribution in [1.29, 1.82) is 5.26 Å². The number of ether oxygens (including phenoxy) is 1. The van der Waals surface area contributed by atoms with Gasteiger partial charge in [0.1, 0.15) is 17.9 Å². The Morgan fingerprint density at radius 1 is 1.28 bits per heavy atom. The van der Waals surface area contributed by atoms with Crippen LogP contribution in [0.15, 0.2) is 53.2 Å². The number of hydrogen-bond acceptors (Lipinski definition) is 7. The van der Waals surface area contributed by atoms with Gasteiger partial charge in [-0.1, -0.05) is 22.2 Å². The number of anilines is 2. The first kappa shape index (κ1) is 20.3. The van der Waals surface area contributed by atoms with Crippen LogP contribution in [0.25, 0.3) is 11.4 Å². The van der Waals surface area contributed by atoms with Gasteiger partial charge in [0.25, 0.3) is 0 Å². The Morgan fingerprint density at radius 3 is 2.86 bits per heavy atom. The van der Waals surface area contributed by atoms with E-state index in [2.05, 4.69) is 24.6 Å². The van der Waals surface area contributed by atoms with Crippen LogP contribution in [0.3, 0.4) is 0 Å². The molecule has 0 atom stereocenters. The molecule has 3 aromatic rings. The van der Waals surface area contributed by atoms with E-state index in [9.17, 15) is 8.94 Å². The predicted octanol–water partition coefficient (Wildman–Crippen LogP) is 3.58. The number of hydrogen-bond donors (Lipinski definition) is 3. The summed E-state index contributed by atoms with van der Waals surface area (Å²) in [6.07, 6.45) is 4.59. The van der Waals surface area contributed by atoms with E-state index in [1.54, 1.807) is 18.5 Å². The van der Waals surface area contributed by atoms with Crippen molar-refractivity contribution in [1.82, 2.24) is 15.0 Å². The lowest BCUT2D eigenvalue weighted by Gasteiger charge is -2.16. The topological polar surface area (TPSA) is 116 Å². The third kappa shape index (κ3) is 5.31. The second-order valence-corrected chi connectivity index (χ2v) is 8.94. The van der Waals surface area contributed by atoms with Gasteiger partial charge >= 0.3 is 0 Å². The molecule has 2 N–H and O–H groups in total. The Labute approximate surface area is 168 Å². The van der Waals surface area contributed by atoms with Crippen LogP contribution in [0.1, 0.15) is 5.56 Å². The van der Waals surface area contributed by atoms with Crippen LogP contribution in [-0.4, -0.2) is 32.9 Å². The molecular formula is C19H19FN6O2S. The van der Waals surface area contributed by atoms with Gasteiger partial charge in [-0.3, -0.25) is 0 Å². The molecule has 1 aromatic heterocycles. The first-order valence-electron chi connectivity index (χ1n) is 8.49. The molecule has 0 saturated carbocycles. The number of nitrogens with zero attached hydrogens (tertiary/aromatic N) is 5. The van der Waals surface area contributed by atoms with Crippen LogP contribution in [-0.2, 0) is 15.9 Å². The van der Waals surface area contributed by atoms with E-state index in [0.717, 1.165) is 5.56 Å². The molecule has 0 unspecified atom stereocenters. The maximum absolute atomic E-state index is 13.4. The van der Waals surface area contributed by atoms with Gasteiger partial charge in [-0.25, -0.2) is 14.4 Å². The van der Waals surface area contributed by atoms with E-state index >= 15 is 0 Å². The number of halogens is 1. The monoisotopic (exact) mass is 414 g/mol. The van der Waals surface area contributed by atoms with Gasteiger partial charge in [-0.05, 0) is 36.1 Å². The zero-order valence-electron chi connectivity index (χ0n) is 15.7. The highest BCUT2D eigenvalue weighted by Crippen LogP contribution is 2.28. The quantitative estimate of drug-likeness (QED) is 0.417. The predicted molar refractivity (Wildman–Crippen MR) is 111 cm³/mol. The van der Waals surface area contributed by atoms with Crippen molar-refractivity contribution in [2.24, 2.45) is 4.36 Å². The van der Waals surface area contributed by atoms with Crippen LogP contribution in [0, 0.1) is 17.3 Å².